The van der Waals surface area contributed by atoms with E-state index in [2.05, 4.69) is 17.1 Å². The highest BCUT2D eigenvalue weighted by molar-refractivity contribution is 5.83. The molecule has 18 heavy (non-hydrogen) atoms. The van der Waals surface area contributed by atoms with Gasteiger partial charge in [0.05, 0.1) is 0 Å². The van der Waals surface area contributed by atoms with Crippen LogP contribution in [-0.2, 0) is 0 Å². The lowest BCUT2D eigenvalue weighted by Gasteiger charge is -2.00. The van der Waals surface area contributed by atoms with Crippen molar-refractivity contribution in [2.24, 2.45) is 5.16 Å². The number of hydrogen-bond donors (Lipinski definition) is 2. The van der Waals surface area contributed by atoms with Crippen LogP contribution in [-0.4, -0.2) is 5.21 Å². The van der Waals surface area contributed by atoms with Gasteiger partial charge in [0.15, 0.2) is 0 Å². The first kappa shape index (κ1) is 10.6. The molecule has 0 aliphatic carbocycles. The average molecular weight is 236 g/mol. The van der Waals surface area contributed by atoms with Crippen LogP contribution in [0.25, 0.3) is 29.6 Å². The number of nitrogens with zero attached hydrogens (tertiary/aromatic N) is 1. The Morgan fingerprint density at radius 3 is 2.72 bits per heavy atom. The van der Waals surface area contributed by atoms with Gasteiger partial charge in [-0.2, -0.15) is 0 Å². The van der Waals surface area contributed by atoms with Crippen molar-refractivity contribution in [2.75, 3.05) is 0 Å². The molecule has 0 unspecified atom stereocenters. The molecule has 3 nitrogen and oxygen atoms in total. The van der Waals surface area contributed by atoms with Gasteiger partial charge in [0.2, 0.25) is 0 Å². The highest BCUT2D eigenvalue weighted by Gasteiger charge is 2.02. The summed E-state index contributed by atoms with van der Waals surface area (Å²) < 4.78 is 0. The Morgan fingerprint density at radius 1 is 1.17 bits per heavy atom. The van der Waals surface area contributed by atoms with Crippen LogP contribution >= 0.6 is 0 Å². The summed E-state index contributed by atoms with van der Waals surface area (Å²) in [6, 6.07) is 9.66. The van der Waals surface area contributed by atoms with Crippen LogP contribution < -0.4 is 21.1 Å². The molecule has 0 bridgehead atoms. The molecule has 0 saturated carbocycles. The predicted octanol–water partition coefficient (Wildman–Crippen LogP) is 0.852. The molecule has 2 aromatic rings. The second kappa shape index (κ2) is 4.04. The van der Waals surface area contributed by atoms with E-state index in [0.717, 1.165) is 26.8 Å². The molecule has 0 radical (unpaired) electrons. The molecule has 0 fully saturated rings. The van der Waals surface area contributed by atoms with Crippen molar-refractivity contribution in [3.8, 4) is 0 Å². The Bertz CT molecular complexity index is 835. The van der Waals surface area contributed by atoms with Crippen LogP contribution in [0.5, 0.6) is 0 Å². The minimum Gasteiger partial charge on any atom is -0.410 e. The standard InChI is InChI=1S/C15H12N2O/c1-10-12-4-2-3-5-13(12)15(17-18)8-11-6-7-16-9-14(10)11/h2-9,16,18H,1H2. The van der Waals surface area contributed by atoms with E-state index in [9.17, 15) is 5.21 Å². The molecule has 0 aromatic heterocycles. The van der Waals surface area contributed by atoms with Gasteiger partial charge in [0.25, 0.3) is 0 Å². The van der Waals surface area contributed by atoms with E-state index in [-0.39, 0.29) is 0 Å². The van der Waals surface area contributed by atoms with Crippen molar-refractivity contribution in [3.05, 3.63) is 57.9 Å². The summed E-state index contributed by atoms with van der Waals surface area (Å²) in [5, 5.41) is 20.0. The lowest BCUT2D eigenvalue weighted by molar-refractivity contribution is 0.303. The Labute approximate surface area is 104 Å². The zero-order chi connectivity index (χ0) is 12.5. The zero-order valence-electron chi connectivity index (χ0n) is 9.72. The average Bonchev–Trinajstić information content (AvgIpc) is 2.55. The van der Waals surface area contributed by atoms with E-state index < -0.39 is 0 Å². The molecule has 1 heterocycles. The highest BCUT2D eigenvalue weighted by Crippen LogP contribution is 2.04. The normalized spacial score (nSPS) is 13.9. The van der Waals surface area contributed by atoms with Crippen molar-refractivity contribution >= 4 is 29.6 Å². The summed E-state index contributed by atoms with van der Waals surface area (Å²) in [6.45, 7) is 4.15. The smallest absolute Gasteiger partial charge is 0.111 e. The molecule has 3 rings (SSSR count). The molecule has 0 spiro atoms. The Hall–Kier alpha value is -2.55. The molecule has 1 aliphatic rings. The van der Waals surface area contributed by atoms with Gasteiger partial charge in [-0.05, 0) is 28.3 Å². The third-order valence-corrected chi connectivity index (χ3v) is 3.15. The number of fused-ring (bicyclic) bond motifs is 2. The minimum atomic E-state index is 0.553. The highest BCUT2D eigenvalue weighted by atomic mass is 16.4. The van der Waals surface area contributed by atoms with Crippen molar-refractivity contribution in [1.82, 2.24) is 5.32 Å². The van der Waals surface area contributed by atoms with Crippen molar-refractivity contribution in [1.29, 1.82) is 0 Å². The summed E-state index contributed by atoms with van der Waals surface area (Å²) in [7, 11) is 0. The third kappa shape index (κ3) is 1.49. The van der Waals surface area contributed by atoms with Crippen LogP contribution in [0.2, 0.25) is 0 Å². The van der Waals surface area contributed by atoms with Crippen LogP contribution in [0.1, 0.15) is 5.56 Å². The summed E-state index contributed by atoms with van der Waals surface area (Å²) in [6.07, 6.45) is 5.69. The van der Waals surface area contributed by atoms with Crippen molar-refractivity contribution in [3.63, 3.8) is 0 Å². The fourth-order valence-corrected chi connectivity index (χ4v) is 2.25. The summed E-state index contributed by atoms with van der Waals surface area (Å²) in [5.41, 5.74) is 0.989. The van der Waals surface area contributed by atoms with E-state index in [0.29, 0.717) is 5.36 Å². The first-order valence-electron chi connectivity index (χ1n) is 5.67. The molecule has 0 atom stereocenters. The van der Waals surface area contributed by atoms with Gasteiger partial charge < -0.3 is 10.5 Å². The second-order valence-corrected chi connectivity index (χ2v) is 4.17. The van der Waals surface area contributed by atoms with Crippen molar-refractivity contribution < 1.29 is 5.21 Å². The largest absolute Gasteiger partial charge is 0.410 e. The van der Waals surface area contributed by atoms with Gasteiger partial charge in [-0.3, -0.25) is 0 Å². The lowest BCUT2D eigenvalue weighted by atomic mass is 10.1. The topological polar surface area (TPSA) is 44.6 Å². The van der Waals surface area contributed by atoms with E-state index in [1.54, 1.807) is 0 Å². The molecule has 0 amide bonds. The fourth-order valence-electron chi connectivity index (χ4n) is 2.25. The minimum absolute atomic E-state index is 0.553. The number of benzene rings is 1. The molecule has 3 heteroatoms. The molecule has 0 saturated heterocycles. The Balaban J connectivity index is 2.73. The maximum atomic E-state index is 9.19. The quantitative estimate of drug-likeness (QED) is 0.526. The second-order valence-electron chi connectivity index (χ2n) is 4.17. The van der Waals surface area contributed by atoms with E-state index in [1.807, 2.05) is 48.8 Å². The van der Waals surface area contributed by atoms with Crippen LogP contribution in [0.15, 0.2) is 41.7 Å². The maximum Gasteiger partial charge on any atom is 0.111 e. The van der Waals surface area contributed by atoms with Crippen LogP contribution in [0.4, 0.5) is 0 Å². The summed E-state index contributed by atoms with van der Waals surface area (Å²) in [4.78, 5) is 0. The molecular formula is C15H12N2O. The van der Waals surface area contributed by atoms with Gasteiger partial charge in [-0.1, -0.05) is 36.0 Å². The molecule has 1 aliphatic heterocycles. The van der Waals surface area contributed by atoms with E-state index in [4.69, 9.17) is 0 Å². The van der Waals surface area contributed by atoms with E-state index in [1.165, 1.54) is 0 Å². The van der Waals surface area contributed by atoms with Gasteiger partial charge in [-0.15, -0.1) is 0 Å². The number of hydrogen-bond acceptors (Lipinski definition) is 3. The van der Waals surface area contributed by atoms with Crippen LogP contribution in [0.3, 0.4) is 0 Å². The monoisotopic (exact) mass is 236 g/mol. The number of nitrogens with one attached hydrogen (secondary N) is 1. The lowest BCUT2D eigenvalue weighted by Crippen LogP contribution is -2.28. The number of rotatable bonds is 0. The van der Waals surface area contributed by atoms with Crippen molar-refractivity contribution in [2.45, 2.75) is 0 Å². The molecule has 88 valence electrons. The Kier molecular flexibility index (Phi) is 2.38. The molecule has 2 aromatic carbocycles. The van der Waals surface area contributed by atoms with Gasteiger partial charge >= 0.3 is 0 Å². The van der Waals surface area contributed by atoms with Gasteiger partial charge in [-0.25, -0.2) is 0 Å². The summed E-state index contributed by atoms with van der Waals surface area (Å²) >= 11 is 0. The first-order chi connectivity index (χ1) is 8.81. The Morgan fingerprint density at radius 2 is 1.94 bits per heavy atom. The van der Waals surface area contributed by atoms with Gasteiger partial charge in [0.1, 0.15) is 5.36 Å². The van der Waals surface area contributed by atoms with Gasteiger partial charge in [0, 0.05) is 23.0 Å². The van der Waals surface area contributed by atoms with Crippen LogP contribution in [0, 0.1) is 0 Å². The third-order valence-electron chi connectivity index (χ3n) is 3.15. The maximum absolute atomic E-state index is 9.19. The molecule has 2 N–H and O–H groups in total. The first-order valence-corrected chi connectivity index (χ1v) is 5.67. The van der Waals surface area contributed by atoms with E-state index >= 15 is 0 Å². The summed E-state index contributed by atoms with van der Waals surface area (Å²) in [5.74, 6) is 0. The predicted molar refractivity (Wildman–Crippen MR) is 72.7 cm³/mol. The SMILES string of the molecule is C=c1c2c(cc(=NO)c3ccccc13)C=CNC=2. The fraction of sp³-hybridized carbons (Fsp3) is 0. The molecular weight excluding hydrogens is 224 g/mol. The zero-order valence-corrected chi connectivity index (χ0v) is 9.72.